The zero-order chi connectivity index (χ0) is 13.8. The summed E-state index contributed by atoms with van der Waals surface area (Å²) in [6.45, 7) is 9.52. The lowest BCUT2D eigenvalue weighted by atomic mass is 10.2. The van der Waals surface area contributed by atoms with Crippen LogP contribution in [0.3, 0.4) is 0 Å². The molecule has 0 aliphatic carbocycles. The first kappa shape index (κ1) is 15.2. The highest BCUT2D eigenvalue weighted by Crippen LogP contribution is 2.09. The SMILES string of the molecule is C[C@H](N)C(O)c1nnn(COCC[Si](C)(C)C)n1. The number of aliphatic hydroxyl groups is 1. The largest absolute Gasteiger partial charge is 0.383 e. The fourth-order valence-corrected chi connectivity index (χ4v) is 1.95. The average molecular weight is 273 g/mol. The minimum absolute atomic E-state index is 0.235. The van der Waals surface area contributed by atoms with Crippen molar-refractivity contribution >= 4 is 8.07 Å². The zero-order valence-corrected chi connectivity index (χ0v) is 12.5. The van der Waals surface area contributed by atoms with Crippen LogP contribution in [0.25, 0.3) is 0 Å². The molecule has 104 valence electrons. The van der Waals surface area contributed by atoms with Crippen LogP contribution in [0.1, 0.15) is 18.9 Å². The maximum atomic E-state index is 9.65. The molecule has 0 saturated heterocycles. The van der Waals surface area contributed by atoms with Gasteiger partial charge in [-0.2, -0.15) is 0 Å². The molecule has 0 aliphatic heterocycles. The lowest BCUT2D eigenvalue weighted by Gasteiger charge is -2.14. The third-order valence-electron chi connectivity index (χ3n) is 2.43. The monoisotopic (exact) mass is 273 g/mol. The molecule has 0 fully saturated rings. The molecule has 1 aromatic rings. The van der Waals surface area contributed by atoms with E-state index in [0.717, 1.165) is 6.04 Å². The van der Waals surface area contributed by atoms with Gasteiger partial charge in [0.15, 0.2) is 6.73 Å². The number of aliphatic hydroxyl groups excluding tert-OH is 1. The molecule has 1 unspecified atom stereocenters. The van der Waals surface area contributed by atoms with Crippen LogP contribution in [0.15, 0.2) is 0 Å². The summed E-state index contributed by atoms with van der Waals surface area (Å²) in [5, 5.41) is 21.2. The van der Waals surface area contributed by atoms with Crippen LogP contribution in [-0.2, 0) is 11.5 Å². The molecule has 8 heteroatoms. The van der Waals surface area contributed by atoms with E-state index in [4.69, 9.17) is 10.5 Å². The van der Waals surface area contributed by atoms with Crippen LogP contribution in [0, 0.1) is 0 Å². The van der Waals surface area contributed by atoms with E-state index in [2.05, 4.69) is 35.1 Å². The molecule has 1 heterocycles. The van der Waals surface area contributed by atoms with E-state index in [0.29, 0.717) is 6.61 Å². The molecule has 0 radical (unpaired) electrons. The molecule has 0 amide bonds. The van der Waals surface area contributed by atoms with Gasteiger partial charge in [-0.15, -0.1) is 15.0 Å². The van der Waals surface area contributed by atoms with E-state index >= 15 is 0 Å². The van der Waals surface area contributed by atoms with Gasteiger partial charge in [-0.25, -0.2) is 0 Å². The topological polar surface area (TPSA) is 99.1 Å². The van der Waals surface area contributed by atoms with E-state index in [1.807, 2.05) is 0 Å². The molecule has 0 aromatic carbocycles. The molecule has 1 rings (SSSR count). The van der Waals surface area contributed by atoms with Crippen LogP contribution in [0.4, 0.5) is 0 Å². The van der Waals surface area contributed by atoms with E-state index in [9.17, 15) is 5.11 Å². The number of ether oxygens (including phenoxy) is 1. The lowest BCUT2D eigenvalue weighted by Crippen LogP contribution is -2.25. The number of hydrogen-bond donors (Lipinski definition) is 2. The second-order valence-corrected chi connectivity index (χ2v) is 11.3. The molecule has 7 nitrogen and oxygen atoms in total. The molecule has 0 saturated carbocycles. The molecule has 0 spiro atoms. The normalized spacial score (nSPS) is 15.7. The summed E-state index contributed by atoms with van der Waals surface area (Å²) in [4.78, 5) is 1.32. The summed E-state index contributed by atoms with van der Waals surface area (Å²) in [5.41, 5.74) is 5.55. The Balaban J connectivity index is 2.36. The van der Waals surface area contributed by atoms with Crippen LogP contribution >= 0.6 is 0 Å². The Kier molecular flexibility index (Phi) is 5.39. The summed E-state index contributed by atoms with van der Waals surface area (Å²) in [5.74, 6) is 0.235. The predicted molar refractivity (Wildman–Crippen MR) is 70.5 cm³/mol. The lowest BCUT2D eigenvalue weighted by molar-refractivity contribution is 0.0661. The fraction of sp³-hybridized carbons (Fsp3) is 0.900. The Morgan fingerprint density at radius 3 is 2.67 bits per heavy atom. The van der Waals surface area contributed by atoms with Gasteiger partial charge in [0.25, 0.3) is 0 Å². The molecule has 0 aliphatic rings. The number of tetrazole rings is 1. The number of nitrogens with two attached hydrogens (primary N) is 1. The molecule has 2 atom stereocenters. The first-order valence-corrected chi connectivity index (χ1v) is 9.79. The van der Waals surface area contributed by atoms with E-state index < -0.39 is 20.2 Å². The van der Waals surface area contributed by atoms with Crippen LogP contribution < -0.4 is 5.73 Å². The first-order chi connectivity index (χ1) is 8.29. The van der Waals surface area contributed by atoms with Crippen molar-refractivity contribution in [3.63, 3.8) is 0 Å². The minimum Gasteiger partial charge on any atom is -0.383 e. The molecule has 3 N–H and O–H groups in total. The van der Waals surface area contributed by atoms with Gasteiger partial charge in [0.05, 0.1) is 0 Å². The molecular formula is C10H23N5O2Si. The fourth-order valence-electron chi connectivity index (χ4n) is 1.19. The maximum absolute atomic E-state index is 9.65. The summed E-state index contributed by atoms with van der Waals surface area (Å²) >= 11 is 0. The van der Waals surface area contributed by atoms with Gasteiger partial charge in [-0.05, 0) is 18.2 Å². The van der Waals surface area contributed by atoms with Gasteiger partial charge < -0.3 is 15.6 Å². The van der Waals surface area contributed by atoms with Crippen molar-refractivity contribution in [2.45, 2.75) is 51.5 Å². The second-order valence-electron chi connectivity index (χ2n) is 5.67. The Morgan fingerprint density at radius 1 is 1.44 bits per heavy atom. The quantitative estimate of drug-likeness (QED) is 0.550. The van der Waals surface area contributed by atoms with Gasteiger partial charge in [-0.1, -0.05) is 19.6 Å². The Bertz CT molecular complexity index is 363. The van der Waals surface area contributed by atoms with Gasteiger partial charge in [-0.3, -0.25) is 0 Å². The Morgan fingerprint density at radius 2 is 2.11 bits per heavy atom. The van der Waals surface area contributed by atoms with Crippen molar-refractivity contribution in [3.05, 3.63) is 5.82 Å². The molecular weight excluding hydrogens is 250 g/mol. The first-order valence-electron chi connectivity index (χ1n) is 6.09. The van der Waals surface area contributed by atoms with E-state index in [1.165, 1.54) is 4.80 Å². The van der Waals surface area contributed by atoms with Gasteiger partial charge in [0, 0.05) is 20.7 Å². The number of hydrogen-bond acceptors (Lipinski definition) is 6. The minimum atomic E-state index is -1.07. The number of aromatic nitrogens is 4. The van der Waals surface area contributed by atoms with Gasteiger partial charge >= 0.3 is 0 Å². The van der Waals surface area contributed by atoms with Crippen molar-refractivity contribution in [2.75, 3.05) is 6.61 Å². The van der Waals surface area contributed by atoms with Crippen LogP contribution in [0.2, 0.25) is 25.7 Å². The standard InChI is InChI=1S/C10H23N5O2Si/c1-8(11)9(16)10-12-14-15(13-10)7-17-5-6-18(2,3)4/h8-9,16H,5-7,11H2,1-4H3/t8-,9?/m0/s1. The molecule has 1 aromatic heterocycles. The van der Waals surface area contributed by atoms with E-state index in [-0.39, 0.29) is 12.6 Å². The van der Waals surface area contributed by atoms with E-state index in [1.54, 1.807) is 6.92 Å². The summed E-state index contributed by atoms with van der Waals surface area (Å²) in [7, 11) is -1.07. The van der Waals surface area contributed by atoms with Crippen LogP contribution in [0.5, 0.6) is 0 Å². The number of rotatable bonds is 7. The Labute approximate surface area is 108 Å². The second kappa shape index (κ2) is 6.37. The average Bonchev–Trinajstić information content (AvgIpc) is 2.70. The van der Waals surface area contributed by atoms with Crippen molar-refractivity contribution in [2.24, 2.45) is 5.73 Å². The third-order valence-corrected chi connectivity index (χ3v) is 4.14. The van der Waals surface area contributed by atoms with Crippen molar-refractivity contribution in [1.29, 1.82) is 0 Å². The molecule has 0 bridgehead atoms. The van der Waals surface area contributed by atoms with Gasteiger partial charge in [0.2, 0.25) is 5.82 Å². The Hall–Kier alpha value is -0.833. The molecule has 18 heavy (non-hydrogen) atoms. The van der Waals surface area contributed by atoms with Gasteiger partial charge in [0.1, 0.15) is 6.10 Å². The van der Waals surface area contributed by atoms with Crippen molar-refractivity contribution < 1.29 is 9.84 Å². The van der Waals surface area contributed by atoms with Crippen LogP contribution in [-0.4, -0.2) is 46.0 Å². The summed E-state index contributed by atoms with van der Waals surface area (Å²) in [6.07, 6.45) is -0.888. The maximum Gasteiger partial charge on any atom is 0.204 e. The zero-order valence-electron chi connectivity index (χ0n) is 11.5. The van der Waals surface area contributed by atoms with Crippen molar-refractivity contribution in [1.82, 2.24) is 20.2 Å². The summed E-state index contributed by atoms with van der Waals surface area (Å²) < 4.78 is 5.47. The summed E-state index contributed by atoms with van der Waals surface area (Å²) in [6, 6.07) is 0.673. The highest BCUT2D eigenvalue weighted by Gasteiger charge is 2.18. The third kappa shape index (κ3) is 5.21. The van der Waals surface area contributed by atoms with Crippen molar-refractivity contribution in [3.8, 4) is 0 Å². The number of nitrogens with zero attached hydrogens (tertiary/aromatic N) is 4. The highest BCUT2D eigenvalue weighted by atomic mass is 28.3. The highest BCUT2D eigenvalue weighted by molar-refractivity contribution is 6.76. The predicted octanol–water partition coefficient (Wildman–Crippen LogP) is 0.366. The smallest absolute Gasteiger partial charge is 0.204 e.